The summed E-state index contributed by atoms with van der Waals surface area (Å²) < 4.78 is 34.4. The first kappa shape index (κ1) is 32.5. The summed E-state index contributed by atoms with van der Waals surface area (Å²) in [5.74, 6) is -1.16. The summed E-state index contributed by atoms with van der Waals surface area (Å²) in [7, 11) is 0. The summed E-state index contributed by atoms with van der Waals surface area (Å²) in [6, 6.07) is 13.1. The molecule has 0 bridgehead atoms. The van der Waals surface area contributed by atoms with Crippen LogP contribution in [0, 0.1) is 5.92 Å². The molecule has 240 valence electrons. The van der Waals surface area contributed by atoms with Crippen LogP contribution < -0.4 is 4.74 Å². The number of allylic oxidation sites excluding steroid dienone is 1. The Hall–Kier alpha value is -3.89. The van der Waals surface area contributed by atoms with Crippen molar-refractivity contribution in [2.45, 2.75) is 90.5 Å². The largest absolute Gasteiger partial charge is 0.490 e. The Kier molecular flexibility index (Phi) is 9.84. The van der Waals surface area contributed by atoms with Gasteiger partial charge < -0.3 is 28.4 Å². The molecule has 2 aliphatic carbocycles. The first-order valence-electron chi connectivity index (χ1n) is 14.9. The van der Waals surface area contributed by atoms with Crippen LogP contribution in [0.3, 0.4) is 0 Å². The van der Waals surface area contributed by atoms with Crippen LogP contribution in [0.1, 0.15) is 70.3 Å². The number of hydrogen-bond acceptors (Lipinski definition) is 10. The summed E-state index contributed by atoms with van der Waals surface area (Å²) in [6.45, 7) is 6.70. The molecular weight excluding hydrogens is 604 g/mol. The number of hydrogen-bond donors (Lipinski definition) is 0. The fourth-order valence-corrected chi connectivity index (χ4v) is 6.45. The number of carbonyl (C=O) groups excluding carboxylic acids is 4. The molecule has 1 aliphatic heterocycles. The monoisotopic (exact) mass is 640 g/mol. The third-order valence-electron chi connectivity index (χ3n) is 8.32. The molecule has 11 heteroatoms. The van der Waals surface area contributed by atoms with Gasteiger partial charge in [0.25, 0.3) is 0 Å². The number of halogens is 1. The molecule has 0 spiro atoms. The number of esters is 4. The van der Waals surface area contributed by atoms with E-state index in [2.05, 4.69) is 6.92 Å². The van der Waals surface area contributed by atoms with E-state index in [1.165, 1.54) is 33.3 Å². The first-order valence-corrected chi connectivity index (χ1v) is 15.3. The van der Waals surface area contributed by atoms with Gasteiger partial charge in [-0.15, -0.1) is 0 Å². The molecule has 2 fully saturated rings. The Morgan fingerprint density at radius 3 is 2.09 bits per heavy atom. The quantitative estimate of drug-likeness (QED) is 0.194. The molecule has 2 aromatic rings. The number of rotatable bonds is 10. The zero-order chi connectivity index (χ0) is 32.4. The minimum Gasteiger partial charge on any atom is -0.490 e. The van der Waals surface area contributed by atoms with Gasteiger partial charge in [0.05, 0.1) is 0 Å². The maximum Gasteiger partial charge on any atom is 0.303 e. The maximum atomic E-state index is 12.2. The highest BCUT2D eigenvalue weighted by molar-refractivity contribution is 6.31. The molecule has 0 unspecified atom stereocenters. The Labute approximate surface area is 266 Å². The minimum atomic E-state index is -1.26. The number of fused-ring (bicyclic) bond motifs is 1. The van der Waals surface area contributed by atoms with Crippen molar-refractivity contribution in [3.8, 4) is 5.75 Å². The van der Waals surface area contributed by atoms with E-state index < -0.39 is 54.4 Å². The molecule has 10 nitrogen and oxygen atoms in total. The second-order valence-electron chi connectivity index (χ2n) is 11.7. The van der Waals surface area contributed by atoms with Gasteiger partial charge in [-0.1, -0.05) is 47.0 Å². The van der Waals surface area contributed by atoms with Crippen molar-refractivity contribution >= 4 is 35.5 Å². The van der Waals surface area contributed by atoms with Crippen molar-refractivity contribution in [1.82, 2.24) is 0 Å². The zero-order valence-electron chi connectivity index (χ0n) is 25.9. The van der Waals surface area contributed by atoms with Crippen LogP contribution in [-0.4, -0.2) is 61.0 Å². The molecule has 3 aliphatic rings. The molecular formula is C34H37ClO10. The van der Waals surface area contributed by atoms with E-state index in [9.17, 15) is 19.2 Å². The summed E-state index contributed by atoms with van der Waals surface area (Å²) in [4.78, 5) is 48.1. The second-order valence-corrected chi connectivity index (χ2v) is 12.1. The van der Waals surface area contributed by atoms with Crippen LogP contribution in [0.4, 0.5) is 0 Å². The van der Waals surface area contributed by atoms with E-state index in [4.69, 9.17) is 40.0 Å². The van der Waals surface area contributed by atoms with Crippen LogP contribution in [0.15, 0.2) is 53.6 Å². The van der Waals surface area contributed by atoms with Crippen molar-refractivity contribution in [3.05, 3.63) is 75.3 Å². The molecule has 1 saturated heterocycles. The highest BCUT2D eigenvalue weighted by atomic mass is 35.5. The summed E-state index contributed by atoms with van der Waals surface area (Å²) >= 11 is 6.63. The van der Waals surface area contributed by atoms with Crippen LogP contribution in [-0.2, 0) is 49.3 Å². The Balaban J connectivity index is 1.40. The molecule has 1 saturated carbocycles. The predicted octanol–water partition coefficient (Wildman–Crippen LogP) is 5.22. The van der Waals surface area contributed by atoms with Crippen LogP contribution in [0.2, 0.25) is 5.02 Å². The number of ether oxygens (including phenoxy) is 6. The fraction of sp³-hybridized carbons (Fsp3) is 0.471. The normalized spacial score (nSPS) is 26.8. The lowest BCUT2D eigenvalue weighted by Gasteiger charge is -2.44. The van der Waals surface area contributed by atoms with Crippen molar-refractivity contribution in [1.29, 1.82) is 0 Å². The van der Waals surface area contributed by atoms with Crippen LogP contribution in [0.25, 0.3) is 0 Å². The van der Waals surface area contributed by atoms with Gasteiger partial charge in [-0.2, -0.15) is 0 Å². The van der Waals surface area contributed by atoms with Gasteiger partial charge in [-0.05, 0) is 54.7 Å². The highest BCUT2D eigenvalue weighted by Gasteiger charge is 2.52. The molecule has 0 amide bonds. The van der Waals surface area contributed by atoms with E-state index in [1.54, 1.807) is 17.7 Å². The summed E-state index contributed by atoms with van der Waals surface area (Å²) in [6.07, 6.45) is -2.98. The lowest BCUT2D eigenvalue weighted by Crippen LogP contribution is -2.59. The average Bonchev–Trinajstić information content (AvgIpc) is 3.34. The third-order valence-corrected chi connectivity index (χ3v) is 8.69. The van der Waals surface area contributed by atoms with Gasteiger partial charge in [0.15, 0.2) is 18.3 Å². The molecule has 45 heavy (non-hydrogen) atoms. The SMILES string of the molecule is CC(=O)OC[C@H]1O[C@@H](c2ccc(Cl)c(Cc3ccc(O[C@@H]4CC5=C(C)[C@H]5C4)cc3)c2)[C@H](OC(C)=O)[C@@H](OC(C)=O)[C@@H]1OC(C)=O. The van der Waals surface area contributed by atoms with Gasteiger partial charge in [-0.25, -0.2) is 0 Å². The zero-order valence-corrected chi connectivity index (χ0v) is 26.6. The summed E-state index contributed by atoms with van der Waals surface area (Å²) in [5.41, 5.74) is 5.40. The maximum absolute atomic E-state index is 12.2. The van der Waals surface area contributed by atoms with Gasteiger partial charge >= 0.3 is 23.9 Å². The van der Waals surface area contributed by atoms with E-state index in [-0.39, 0.29) is 12.7 Å². The van der Waals surface area contributed by atoms with E-state index in [0.29, 0.717) is 22.9 Å². The third kappa shape index (κ3) is 7.86. The second kappa shape index (κ2) is 13.6. The molecule has 7 atom stereocenters. The smallest absolute Gasteiger partial charge is 0.303 e. The topological polar surface area (TPSA) is 124 Å². The standard InChI is InChI=1S/C34H37ClO10/c1-17-27-14-26(15-28(17)27)44-25-9-6-22(7-10-25)12-24-13-23(8-11-29(24)35)31-33(42-20(4)38)34(43-21(5)39)32(41-19(3)37)30(45-31)16-40-18(2)36/h6-11,13,26-27,30-34H,12,14-16H2,1-5H3/t26-,27+,30+,31-,32+,33-,34-/m0/s1. The molecule has 2 aromatic carbocycles. The predicted molar refractivity (Wildman–Crippen MR) is 161 cm³/mol. The van der Waals surface area contributed by atoms with Gasteiger partial charge in [0, 0.05) is 45.1 Å². The van der Waals surface area contributed by atoms with E-state index in [0.717, 1.165) is 29.7 Å². The van der Waals surface area contributed by atoms with Crippen molar-refractivity contribution < 1.29 is 47.6 Å². The lowest BCUT2D eigenvalue weighted by molar-refractivity contribution is -0.254. The van der Waals surface area contributed by atoms with Gasteiger partial charge in [0.1, 0.15) is 30.7 Å². The Morgan fingerprint density at radius 1 is 0.844 bits per heavy atom. The summed E-state index contributed by atoms with van der Waals surface area (Å²) in [5, 5.41) is 0.513. The van der Waals surface area contributed by atoms with Crippen molar-refractivity contribution in [3.63, 3.8) is 0 Å². The van der Waals surface area contributed by atoms with Gasteiger partial charge in [-0.3, -0.25) is 19.2 Å². The van der Waals surface area contributed by atoms with E-state index >= 15 is 0 Å². The first-order chi connectivity index (χ1) is 21.4. The minimum absolute atomic E-state index is 0.215. The number of carbonyl (C=O) groups is 4. The average molecular weight is 641 g/mol. The molecule has 0 radical (unpaired) electrons. The lowest BCUT2D eigenvalue weighted by atomic mass is 9.89. The Bertz CT molecular complexity index is 1500. The molecule has 0 N–H and O–H groups in total. The number of benzene rings is 2. The van der Waals surface area contributed by atoms with Gasteiger partial charge in [0.2, 0.25) is 0 Å². The molecule has 5 rings (SSSR count). The van der Waals surface area contributed by atoms with Crippen LogP contribution >= 0.6 is 11.6 Å². The van der Waals surface area contributed by atoms with Crippen molar-refractivity contribution in [2.75, 3.05) is 6.61 Å². The molecule has 1 heterocycles. The van der Waals surface area contributed by atoms with Crippen LogP contribution in [0.5, 0.6) is 5.75 Å². The highest BCUT2D eigenvalue weighted by Crippen LogP contribution is 2.52. The molecule has 0 aromatic heterocycles. The van der Waals surface area contributed by atoms with E-state index in [1.807, 2.05) is 30.3 Å². The van der Waals surface area contributed by atoms with Crippen molar-refractivity contribution in [2.24, 2.45) is 5.92 Å². The Morgan fingerprint density at radius 2 is 1.49 bits per heavy atom. The fourth-order valence-electron chi connectivity index (χ4n) is 6.26.